The SMILES string of the molecule is O=C(c1cc(-c2ccc(F)cc2)on1)N1CCCC1CCCO. The van der Waals surface area contributed by atoms with Crippen molar-refractivity contribution < 1.29 is 18.8 Å². The lowest BCUT2D eigenvalue weighted by molar-refractivity contribution is 0.0714. The molecule has 1 fully saturated rings. The van der Waals surface area contributed by atoms with Gasteiger partial charge in [0, 0.05) is 30.8 Å². The zero-order valence-electron chi connectivity index (χ0n) is 12.7. The van der Waals surface area contributed by atoms with Gasteiger partial charge in [0.1, 0.15) is 5.82 Å². The summed E-state index contributed by atoms with van der Waals surface area (Å²) in [5, 5.41) is 12.8. The third kappa shape index (κ3) is 3.42. The minimum Gasteiger partial charge on any atom is -0.396 e. The predicted octanol–water partition coefficient (Wildman–Crippen LogP) is 2.86. The number of hydrogen-bond acceptors (Lipinski definition) is 4. The first-order valence-electron chi connectivity index (χ1n) is 7.83. The third-order valence-corrected chi connectivity index (χ3v) is 4.19. The average Bonchev–Trinajstić information content (AvgIpc) is 3.22. The number of aliphatic hydroxyl groups excluding tert-OH is 1. The molecule has 2 heterocycles. The van der Waals surface area contributed by atoms with Crippen LogP contribution in [0.15, 0.2) is 34.9 Å². The molecule has 5 nitrogen and oxygen atoms in total. The van der Waals surface area contributed by atoms with Crippen molar-refractivity contribution in [3.8, 4) is 11.3 Å². The first-order valence-corrected chi connectivity index (χ1v) is 7.83. The summed E-state index contributed by atoms with van der Waals surface area (Å²) in [6.07, 6.45) is 3.40. The van der Waals surface area contributed by atoms with Crippen molar-refractivity contribution in [3.05, 3.63) is 41.8 Å². The molecular weight excluding hydrogens is 299 g/mol. The van der Waals surface area contributed by atoms with Crippen molar-refractivity contribution in [1.82, 2.24) is 10.1 Å². The minimum absolute atomic E-state index is 0.136. The number of carbonyl (C=O) groups is 1. The molecule has 0 spiro atoms. The summed E-state index contributed by atoms with van der Waals surface area (Å²) in [7, 11) is 0. The minimum atomic E-state index is -0.326. The van der Waals surface area contributed by atoms with E-state index in [1.165, 1.54) is 12.1 Å². The maximum atomic E-state index is 13.0. The van der Waals surface area contributed by atoms with Crippen molar-refractivity contribution in [2.24, 2.45) is 0 Å². The quantitative estimate of drug-likeness (QED) is 0.920. The third-order valence-electron chi connectivity index (χ3n) is 4.19. The van der Waals surface area contributed by atoms with Gasteiger partial charge in [0.15, 0.2) is 11.5 Å². The van der Waals surface area contributed by atoms with Gasteiger partial charge in [0.05, 0.1) is 0 Å². The van der Waals surface area contributed by atoms with Gasteiger partial charge in [-0.25, -0.2) is 4.39 Å². The number of amides is 1. The average molecular weight is 318 g/mol. The van der Waals surface area contributed by atoms with Crippen molar-refractivity contribution in [2.45, 2.75) is 31.7 Å². The predicted molar refractivity (Wildman–Crippen MR) is 82.3 cm³/mol. The number of likely N-dealkylation sites (tertiary alicyclic amines) is 1. The molecule has 1 unspecified atom stereocenters. The Balaban J connectivity index is 1.74. The summed E-state index contributed by atoms with van der Waals surface area (Å²) in [6.45, 7) is 0.838. The van der Waals surface area contributed by atoms with Gasteiger partial charge in [0.2, 0.25) is 0 Å². The number of nitrogens with zero attached hydrogens (tertiary/aromatic N) is 2. The lowest BCUT2D eigenvalue weighted by Crippen LogP contribution is -2.35. The largest absolute Gasteiger partial charge is 0.396 e. The molecule has 0 saturated carbocycles. The Hall–Kier alpha value is -2.21. The van der Waals surface area contributed by atoms with Crippen LogP contribution in [-0.2, 0) is 0 Å². The second-order valence-electron chi connectivity index (χ2n) is 5.74. The van der Waals surface area contributed by atoms with Gasteiger partial charge >= 0.3 is 0 Å². The fourth-order valence-corrected chi connectivity index (χ4v) is 3.00. The molecule has 122 valence electrons. The maximum Gasteiger partial charge on any atom is 0.276 e. The standard InChI is InChI=1S/C17H19FN2O3/c18-13-7-5-12(6-8-13)16-11-15(19-23-16)17(22)20-9-1-3-14(20)4-2-10-21/h5-8,11,14,21H,1-4,9-10H2. The van der Waals surface area contributed by atoms with E-state index in [0.29, 0.717) is 24.3 Å². The molecule has 1 N–H and O–H groups in total. The van der Waals surface area contributed by atoms with Gasteiger partial charge < -0.3 is 14.5 Å². The normalized spacial score (nSPS) is 17.7. The van der Waals surface area contributed by atoms with Crippen LogP contribution in [-0.4, -0.2) is 40.3 Å². The van der Waals surface area contributed by atoms with E-state index in [1.54, 1.807) is 18.2 Å². The fourth-order valence-electron chi connectivity index (χ4n) is 3.00. The number of halogens is 1. The first-order chi connectivity index (χ1) is 11.2. The number of aromatic nitrogens is 1. The van der Waals surface area contributed by atoms with Gasteiger partial charge in [-0.15, -0.1) is 0 Å². The first kappa shape index (κ1) is 15.7. The van der Waals surface area contributed by atoms with E-state index < -0.39 is 0 Å². The number of aliphatic hydroxyl groups is 1. The van der Waals surface area contributed by atoms with E-state index in [2.05, 4.69) is 5.16 Å². The van der Waals surface area contributed by atoms with E-state index in [1.807, 2.05) is 4.90 Å². The Labute approximate surface area is 133 Å². The second kappa shape index (κ2) is 6.91. The fraction of sp³-hybridized carbons (Fsp3) is 0.412. The Morgan fingerprint density at radius 1 is 1.39 bits per heavy atom. The molecule has 1 amide bonds. The molecule has 6 heteroatoms. The van der Waals surface area contributed by atoms with Crippen molar-refractivity contribution in [3.63, 3.8) is 0 Å². The molecule has 1 aliphatic rings. The highest BCUT2D eigenvalue weighted by molar-refractivity contribution is 5.93. The van der Waals surface area contributed by atoms with Gasteiger partial charge in [-0.1, -0.05) is 5.16 Å². The van der Waals surface area contributed by atoms with E-state index in [-0.39, 0.29) is 30.1 Å². The molecule has 23 heavy (non-hydrogen) atoms. The monoisotopic (exact) mass is 318 g/mol. The maximum absolute atomic E-state index is 13.0. The number of carbonyl (C=O) groups excluding carboxylic acids is 1. The number of rotatable bonds is 5. The smallest absolute Gasteiger partial charge is 0.276 e. The van der Waals surface area contributed by atoms with Gasteiger partial charge in [-0.2, -0.15) is 0 Å². The highest BCUT2D eigenvalue weighted by atomic mass is 19.1. The van der Waals surface area contributed by atoms with Crippen LogP contribution in [0, 0.1) is 5.82 Å². The Morgan fingerprint density at radius 2 is 2.17 bits per heavy atom. The van der Waals surface area contributed by atoms with Crippen molar-refractivity contribution in [1.29, 1.82) is 0 Å². The van der Waals surface area contributed by atoms with E-state index >= 15 is 0 Å². The second-order valence-corrected chi connectivity index (χ2v) is 5.74. The molecule has 0 radical (unpaired) electrons. The summed E-state index contributed by atoms with van der Waals surface area (Å²) in [6, 6.07) is 7.60. The van der Waals surface area contributed by atoms with E-state index in [4.69, 9.17) is 9.63 Å². The van der Waals surface area contributed by atoms with Gasteiger partial charge in [0.25, 0.3) is 5.91 Å². The van der Waals surface area contributed by atoms with Crippen molar-refractivity contribution >= 4 is 5.91 Å². The van der Waals surface area contributed by atoms with Crippen LogP contribution >= 0.6 is 0 Å². The van der Waals surface area contributed by atoms with Crippen LogP contribution in [0.25, 0.3) is 11.3 Å². The molecule has 1 aromatic heterocycles. The van der Waals surface area contributed by atoms with Crippen LogP contribution in [0.2, 0.25) is 0 Å². The summed E-state index contributed by atoms with van der Waals surface area (Å²) < 4.78 is 18.2. The van der Waals surface area contributed by atoms with Crippen LogP contribution in [0.1, 0.15) is 36.2 Å². The molecule has 0 bridgehead atoms. The molecule has 3 rings (SSSR count). The lowest BCUT2D eigenvalue weighted by atomic mass is 10.1. The number of benzene rings is 1. The van der Waals surface area contributed by atoms with Crippen LogP contribution < -0.4 is 0 Å². The van der Waals surface area contributed by atoms with Crippen LogP contribution in [0.3, 0.4) is 0 Å². The van der Waals surface area contributed by atoms with E-state index in [0.717, 1.165) is 19.3 Å². The molecule has 1 aliphatic heterocycles. The highest BCUT2D eigenvalue weighted by Crippen LogP contribution is 2.25. The Kier molecular flexibility index (Phi) is 4.71. The molecule has 0 aliphatic carbocycles. The van der Waals surface area contributed by atoms with Crippen LogP contribution in [0.5, 0.6) is 0 Å². The van der Waals surface area contributed by atoms with Gasteiger partial charge in [-0.3, -0.25) is 4.79 Å². The zero-order chi connectivity index (χ0) is 16.2. The molecular formula is C17H19FN2O3. The zero-order valence-corrected chi connectivity index (χ0v) is 12.7. The molecule has 1 saturated heterocycles. The Bertz CT molecular complexity index is 669. The number of hydrogen-bond donors (Lipinski definition) is 1. The van der Waals surface area contributed by atoms with E-state index in [9.17, 15) is 9.18 Å². The molecule has 2 aromatic rings. The summed E-state index contributed by atoms with van der Waals surface area (Å²) >= 11 is 0. The molecule has 1 aromatic carbocycles. The summed E-state index contributed by atoms with van der Waals surface area (Å²) in [4.78, 5) is 14.4. The topological polar surface area (TPSA) is 66.6 Å². The summed E-state index contributed by atoms with van der Waals surface area (Å²) in [5.74, 6) is -0.0321. The van der Waals surface area contributed by atoms with Gasteiger partial charge in [-0.05, 0) is 49.9 Å². The lowest BCUT2D eigenvalue weighted by Gasteiger charge is -2.23. The summed E-state index contributed by atoms with van der Waals surface area (Å²) in [5.41, 5.74) is 0.941. The van der Waals surface area contributed by atoms with Crippen molar-refractivity contribution in [2.75, 3.05) is 13.2 Å². The van der Waals surface area contributed by atoms with Crippen LogP contribution in [0.4, 0.5) is 4.39 Å². The highest BCUT2D eigenvalue weighted by Gasteiger charge is 2.30. The Morgan fingerprint density at radius 3 is 2.91 bits per heavy atom. The molecule has 1 atom stereocenters.